The smallest absolute Gasteiger partial charge is 0.259 e. The Kier molecular flexibility index (Phi) is 8.10. The van der Waals surface area contributed by atoms with Crippen LogP contribution in [0.2, 0.25) is 0 Å². The van der Waals surface area contributed by atoms with Gasteiger partial charge in [-0.1, -0.05) is 36.4 Å². The minimum atomic E-state index is -3.11. The van der Waals surface area contributed by atoms with Crippen molar-refractivity contribution in [2.24, 2.45) is 0 Å². The number of carbonyl (C=O) groups is 1. The molecule has 32 heavy (non-hydrogen) atoms. The van der Waals surface area contributed by atoms with Gasteiger partial charge in [-0.05, 0) is 36.4 Å². The highest BCUT2D eigenvalue weighted by molar-refractivity contribution is 7.90. The lowest BCUT2D eigenvalue weighted by Gasteiger charge is -2.13. The molecular formula is C24H25NO6S. The third-order valence-electron chi connectivity index (χ3n) is 4.30. The van der Waals surface area contributed by atoms with Crippen molar-refractivity contribution in [3.63, 3.8) is 0 Å². The monoisotopic (exact) mass is 455 g/mol. The number of rotatable bonds is 11. The average Bonchev–Trinajstić information content (AvgIpc) is 2.77. The van der Waals surface area contributed by atoms with E-state index in [1.165, 1.54) is 0 Å². The SMILES string of the molecule is CS(=O)(=O)CCOc1cccc(NC(=O)c2ccccc2OCCOc2ccccc2)c1. The molecule has 0 aliphatic rings. The Morgan fingerprint density at radius 1 is 0.781 bits per heavy atom. The predicted molar refractivity (Wildman–Crippen MR) is 123 cm³/mol. The van der Waals surface area contributed by atoms with Crippen molar-refractivity contribution in [2.45, 2.75) is 0 Å². The number of amides is 1. The number of para-hydroxylation sites is 2. The summed E-state index contributed by atoms with van der Waals surface area (Å²) in [5, 5.41) is 2.81. The number of ether oxygens (including phenoxy) is 3. The van der Waals surface area contributed by atoms with Crippen LogP contribution in [-0.4, -0.2) is 46.2 Å². The van der Waals surface area contributed by atoms with Crippen LogP contribution >= 0.6 is 0 Å². The molecule has 0 bridgehead atoms. The summed E-state index contributed by atoms with van der Waals surface area (Å²) >= 11 is 0. The van der Waals surface area contributed by atoms with E-state index in [4.69, 9.17) is 14.2 Å². The van der Waals surface area contributed by atoms with Crippen LogP contribution in [-0.2, 0) is 9.84 Å². The lowest BCUT2D eigenvalue weighted by molar-refractivity contribution is 0.102. The standard InChI is InChI=1S/C24H25NO6S/c1-32(27,28)17-16-30-21-11-7-8-19(18-21)25-24(26)22-12-5-6-13-23(22)31-15-14-29-20-9-3-2-4-10-20/h2-13,18H,14-17H2,1H3,(H,25,26). The molecule has 0 saturated carbocycles. The van der Waals surface area contributed by atoms with Gasteiger partial charge in [-0.15, -0.1) is 0 Å². The molecule has 3 aromatic carbocycles. The summed E-state index contributed by atoms with van der Waals surface area (Å²) in [6, 6.07) is 23.1. The third kappa shape index (κ3) is 7.63. The second-order valence-electron chi connectivity index (χ2n) is 6.97. The maximum Gasteiger partial charge on any atom is 0.259 e. The number of hydrogen-bond acceptors (Lipinski definition) is 6. The van der Waals surface area contributed by atoms with Crippen molar-refractivity contribution in [3.05, 3.63) is 84.4 Å². The molecule has 0 aliphatic carbocycles. The number of benzene rings is 3. The molecule has 0 unspecified atom stereocenters. The quantitative estimate of drug-likeness (QED) is 0.442. The van der Waals surface area contributed by atoms with E-state index in [9.17, 15) is 13.2 Å². The van der Waals surface area contributed by atoms with Crippen LogP contribution in [0.25, 0.3) is 0 Å². The molecule has 0 aliphatic heterocycles. The third-order valence-corrected chi connectivity index (χ3v) is 5.21. The van der Waals surface area contributed by atoms with Gasteiger partial charge in [0.1, 0.15) is 37.1 Å². The first kappa shape index (κ1) is 23.1. The van der Waals surface area contributed by atoms with E-state index in [1.807, 2.05) is 30.3 Å². The van der Waals surface area contributed by atoms with E-state index in [0.29, 0.717) is 29.4 Å². The summed E-state index contributed by atoms with van der Waals surface area (Å²) in [5.74, 6) is 1.25. The summed E-state index contributed by atoms with van der Waals surface area (Å²) in [4.78, 5) is 12.8. The number of carbonyl (C=O) groups excluding carboxylic acids is 1. The number of hydrogen-bond donors (Lipinski definition) is 1. The van der Waals surface area contributed by atoms with Crippen molar-refractivity contribution in [2.75, 3.05) is 37.1 Å². The van der Waals surface area contributed by atoms with Crippen molar-refractivity contribution in [3.8, 4) is 17.2 Å². The van der Waals surface area contributed by atoms with Gasteiger partial charge in [-0.25, -0.2) is 8.42 Å². The fourth-order valence-electron chi connectivity index (χ4n) is 2.78. The predicted octanol–water partition coefficient (Wildman–Crippen LogP) is 3.82. The Morgan fingerprint density at radius 3 is 2.22 bits per heavy atom. The maximum atomic E-state index is 12.8. The largest absolute Gasteiger partial charge is 0.492 e. The minimum Gasteiger partial charge on any atom is -0.492 e. The van der Waals surface area contributed by atoms with Gasteiger partial charge in [0.2, 0.25) is 0 Å². The highest BCUT2D eigenvalue weighted by atomic mass is 32.2. The molecule has 1 N–H and O–H groups in total. The Hall–Kier alpha value is -3.52. The molecule has 0 fully saturated rings. The van der Waals surface area contributed by atoms with Gasteiger partial charge in [0, 0.05) is 18.0 Å². The first-order valence-electron chi connectivity index (χ1n) is 10.0. The van der Waals surface area contributed by atoms with Crippen molar-refractivity contribution < 1.29 is 27.4 Å². The van der Waals surface area contributed by atoms with Crippen molar-refractivity contribution in [1.82, 2.24) is 0 Å². The Labute approximate surface area is 187 Å². The molecule has 3 aromatic rings. The zero-order valence-corrected chi connectivity index (χ0v) is 18.5. The topological polar surface area (TPSA) is 90.9 Å². The maximum absolute atomic E-state index is 12.8. The van der Waals surface area contributed by atoms with Gasteiger partial charge < -0.3 is 19.5 Å². The Bertz CT molecular complexity index is 1130. The molecule has 1 amide bonds. The summed E-state index contributed by atoms with van der Waals surface area (Å²) in [7, 11) is -3.11. The molecule has 7 nitrogen and oxygen atoms in total. The van der Waals surface area contributed by atoms with E-state index in [2.05, 4.69) is 5.32 Å². The highest BCUT2D eigenvalue weighted by Crippen LogP contribution is 2.22. The molecule has 0 heterocycles. The van der Waals surface area contributed by atoms with Gasteiger partial charge in [-0.2, -0.15) is 0 Å². The zero-order valence-electron chi connectivity index (χ0n) is 17.7. The van der Waals surface area contributed by atoms with Gasteiger partial charge in [0.25, 0.3) is 5.91 Å². The van der Waals surface area contributed by atoms with E-state index in [0.717, 1.165) is 12.0 Å². The van der Waals surface area contributed by atoms with Gasteiger partial charge in [0.15, 0.2) is 9.84 Å². The number of anilines is 1. The van der Waals surface area contributed by atoms with Crippen LogP contribution < -0.4 is 19.5 Å². The Morgan fingerprint density at radius 2 is 1.44 bits per heavy atom. The summed E-state index contributed by atoms with van der Waals surface area (Å²) in [6.07, 6.45) is 1.15. The molecule has 0 spiro atoms. The molecule has 0 aromatic heterocycles. The van der Waals surface area contributed by atoms with Crippen LogP contribution in [0.4, 0.5) is 5.69 Å². The molecule has 8 heteroatoms. The van der Waals surface area contributed by atoms with E-state index >= 15 is 0 Å². The van der Waals surface area contributed by atoms with E-state index in [-0.39, 0.29) is 24.9 Å². The van der Waals surface area contributed by atoms with Gasteiger partial charge in [0.05, 0.1) is 11.3 Å². The number of sulfone groups is 1. The second kappa shape index (κ2) is 11.2. The first-order valence-corrected chi connectivity index (χ1v) is 12.1. The lowest BCUT2D eigenvalue weighted by atomic mass is 10.2. The Balaban J connectivity index is 1.56. The fourth-order valence-corrected chi connectivity index (χ4v) is 3.17. The zero-order chi connectivity index (χ0) is 22.8. The fraction of sp³-hybridized carbons (Fsp3) is 0.208. The van der Waals surface area contributed by atoms with Crippen LogP contribution in [0.15, 0.2) is 78.9 Å². The first-order chi connectivity index (χ1) is 15.4. The van der Waals surface area contributed by atoms with Crippen LogP contribution in [0.5, 0.6) is 17.2 Å². The summed E-state index contributed by atoms with van der Waals surface area (Å²) in [6.45, 7) is 0.660. The highest BCUT2D eigenvalue weighted by Gasteiger charge is 2.13. The van der Waals surface area contributed by atoms with Crippen LogP contribution in [0.1, 0.15) is 10.4 Å². The van der Waals surface area contributed by atoms with Gasteiger partial charge in [-0.3, -0.25) is 4.79 Å². The van der Waals surface area contributed by atoms with Crippen LogP contribution in [0, 0.1) is 0 Å². The number of nitrogens with one attached hydrogen (secondary N) is 1. The molecular weight excluding hydrogens is 430 g/mol. The van der Waals surface area contributed by atoms with Gasteiger partial charge >= 0.3 is 0 Å². The molecule has 0 radical (unpaired) electrons. The minimum absolute atomic E-state index is 0.0396. The average molecular weight is 456 g/mol. The molecule has 0 atom stereocenters. The van der Waals surface area contributed by atoms with Crippen molar-refractivity contribution in [1.29, 1.82) is 0 Å². The lowest BCUT2D eigenvalue weighted by Crippen LogP contribution is -2.16. The molecule has 168 valence electrons. The van der Waals surface area contributed by atoms with E-state index < -0.39 is 9.84 Å². The normalized spacial score (nSPS) is 10.9. The summed E-state index contributed by atoms with van der Waals surface area (Å²) in [5.41, 5.74) is 0.907. The van der Waals surface area contributed by atoms with E-state index in [1.54, 1.807) is 48.5 Å². The van der Waals surface area contributed by atoms with Crippen molar-refractivity contribution >= 4 is 21.4 Å². The summed E-state index contributed by atoms with van der Waals surface area (Å²) < 4.78 is 39.3. The second-order valence-corrected chi connectivity index (χ2v) is 9.23. The molecule has 0 saturated heterocycles. The van der Waals surface area contributed by atoms with Crippen LogP contribution in [0.3, 0.4) is 0 Å². The molecule has 3 rings (SSSR count).